The lowest BCUT2D eigenvalue weighted by molar-refractivity contribution is 0.0521. The van der Waals surface area contributed by atoms with Gasteiger partial charge in [0.05, 0.1) is 18.5 Å². The topological polar surface area (TPSA) is 113 Å². The first-order chi connectivity index (χ1) is 14.4. The number of fused-ring (bicyclic) bond motifs is 3. The Balaban J connectivity index is 2.12. The molecule has 0 N–H and O–H groups in total. The van der Waals surface area contributed by atoms with Crippen LogP contribution in [0.25, 0.3) is 22.2 Å². The van der Waals surface area contributed by atoms with E-state index in [1.807, 2.05) is 19.9 Å². The first-order valence-corrected chi connectivity index (χ1v) is 9.56. The van der Waals surface area contributed by atoms with E-state index in [1.165, 1.54) is 20.0 Å². The third-order valence-electron chi connectivity index (χ3n) is 4.57. The summed E-state index contributed by atoms with van der Waals surface area (Å²) in [6.45, 7) is 5.93. The van der Waals surface area contributed by atoms with Crippen molar-refractivity contribution in [2.24, 2.45) is 5.92 Å². The molecule has 0 aliphatic rings. The number of esters is 1. The zero-order valence-corrected chi connectivity index (χ0v) is 16.8. The van der Waals surface area contributed by atoms with E-state index < -0.39 is 17.1 Å². The molecule has 3 heterocycles. The molecule has 0 saturated heterocycles. The fourth-order valence-electron chi connectivity index (χ4n) is 3.35. The highest BCUT2D eigenvalue weighted by Crippen LogP contribution is 2.15. The number of hydrogen-bond donors (Lipinski definition) is 0. The van der Waals surface area contributed by atoms with Crippen LogP contribution in [0, 0.1) is 5.92 Å². The molecule has 10 nitrogen and oxygen atoms in total. The van der Waals surface area contributed by atoms with Crippen molar-refractivity contribution < 1.29 is 9.53 Å². The van der Waals surface area contributed by atoms with Gasteiger partial charge in [-0.25, -0.2) is 9.31 Å². The van der Waals surface area contributed by atoms with Gasteiger partial charge >= 0.3 is 5.97 Å². The normalized spacial score (nSPS) is 11.5. The molecule has 0 unspecified atom stereocenters. The van der Waals surface area contributed by atoms with Gasteiger partial charge in [0.15, 0.2) is 5.52 Å². The van der Waals surface area contributed by atoms with Crippen molar-refractivity contribution >= 4 is 22.5 Å². The minimum atomic E-state index is -0.745. The summed E-state index contributed by atoms with van der Waals surface area (Å²) in [5.41, 5.74) is -0.239. The Bertz CT molecular complexity index is 1370. The smallest absolute Gasteiger partial charge is 0.361 e. The third kappa shape index (κ3) is 3.06. The molecule has 0 atom stereocenters. The number of aromatic nitrogens is 6. The number of nitrogens with zero attached hydrogens (tertiary/aromatic N) is 6. The molecule has 3 aromatic heterocycles. The highest BCUT2D eigenvalue weighted by Gasteiger charge is 2.25. The van der Waals surface area contributed by atoms with Crippen LogP contribution in [-0.4, -0.2) is 41.8 Å². The number of rotatable bonds is 5. The Hall–Kier alpha value is -3.82. The second-order valence-corrected chi connectivity index (χ2v) is 7.16. The van der Waals surface area contributed by atoms with Crippen LogP contribution < -0.4 is 11.1 Å². The molecule has 0 fully saturated rings. The first-order valence-electron chi connectivity index (χ1n) is 9.56. The van der Waals surface area contributed by atoms with Crippen molar-refractivity contribution in [3.05, 3.63) is 62.9 Å². The van der Waals surface area contributed by atoms with Crippen LogP contribution in [0.15, 0.2) is 46.1 Å². The van der Waals surface area contributed by atoms with Gasteiger partial charge in [0.2, 0.25) is 5.69 Å². The van der Waals surface area contributed by atoms with Crippen molar-refractivity contribution in [2.45, 2.75) is 27.3 Å². The Morgan fingerprint density at radius 1 is 1.10 bits per heavy atom. The van der Waals surface area contributed by atoms with Crippen molar-refractivity contribution in [1.29, 1.82) is 0 Å². The molecule has 0 aliphatic heterocycles. The van der Waals surface area contributed by atoms with Gasteiger partial charge in [-0.05, 0) is 25.0 Å². The molecule has 154 valence electrons. The van der Waals surface area contributed by atoms with E-state index in [0.29, 0.717) is 5.69 Å². The van der Waals surface area contributed by atoms with Crippen LogP contribution in [0.4, 0.5) is 0 Å². The molecular formula is C20H20N6O4. The van der Waals surface area contributed by atoms with E-state index in [-0.39, 0.29) is 41.3 Å². The average Bonchev–Trinajstić information content (AvgIpc) is 3.17. The van der Waals surface area contributed by atoms with Crippen LogP contribution in [0.3, 0.4) is 0 Å². The summed E-state index contributed by atoms with van der Waals surface area (Å²) in [7, 11) is 0. The lowest BCUT2D eigenvalue weighted by Crippen LogP contribution is -2.33. The van der Waals surface area contributed by atoms with E-state index in [0.717, 1.165) is 0 Å². The molecule has 1 aromatic carbocycles. The monoisotopic (exact) mass is 408 g/mol. The number of benzene rings is 1. The molecule has 0 aliphatic carbocycles. The van der Waals surface area contributed by atoms with E-state index >= 15 is 0 Å². The Kier molecular flexibility index (Phi) is 4.90. The largest absolute Gasteiger partial charge is 0.461 e. The molecule has 4 aromatic rings. The fourth-order valence-corrected chi connectivity index (χ4v) is 3.35. The van der Waals surface area contributed by atoms with E-state index in [2.05, 4.69) is 15.4 Å². The number of ether oxygens (including phenoxy) is 1. The number of para-hydroxylation sites is 1. The Morgan fingerprint density at radius 3 is 2.50 bits per heavy atom. The molecule has 0 amide bonds. The minimum Gasteiger partial charge on any atom is -0.461 e. The van der Waals surface area contributed by atoms with Crippen LogP contribution in [0.5, 0.6) is 0 Å². The highest BCUT2D eigenvalue weighted by molar-refractivity contribution is 5.95. The second-order valence-electron chi connectivity index (χ2n) is 7.16. The predicted octanol–water partition coefficient (Wildman–Crippen LogP) is 1.42. The van der Waals surface area contributed by atoms with Crippen LogP contribution in [0.1, 0.15) is 31.3 Å². The second kappa shape index (κ2) is 7.54. The number of carbonyl (C=O) groups is 1. The zero-order chi connectivity index (χ0) is 21.4. The lowest BCUT2D eigenvalue weighted by Gasteiger charge is -2.14. The van der Waals surface area contributed by atoms with Gasteiger partial charge in [0.1, 0.15) is 11.0 Å². The third-order valence-corrected chi connectivity index (χ3v) is 4.57. The molecule has 0 saturated carbocycles. The summed E-state index contributed by atoms with van der Waals surface area (Å²) in [6.07, 6.45) is 1.44. The van der Waals surface area contributed by atoms with Gasteiger partial charge in [-0.15, -0.1) is 5.10 Å². The maximum absolute atomic E-state index is 13.4. The molecule has 0 radical (unpaired) electrons. The standard InChI is InChI=1S/C20H20N6O4/c1-4-30-20(29)15-17-18(27)24(11-12(2)3)16-14(26(17)23-22-15)10-21-25(19(16)28)13-8-6-5-7-9-13/h5-10,12H,4,11H2,1-3H3. The molecular weight excluding hydrogens is 388 g/mol. The van der Waals surface area contributed by atoms with Gasteiger partial charge in [-0.3, -0.25) is 14.2 Å². The SMILES string of the molecule is CCOC(=O)c1nnn2c1c(=O)n(CC(C)C)c1c(=O)n(-c3ccccc3)ncc12. The maximum Gasteiger partial charge on any atom is 0.361 e. The molecule has 10 heteroatoms. The number of carbonyl (C=O) groups excluding carboxylic acids is 1. The van der Waals surface area contributed by atoms with E-state index in [9.17, 15) is 14.4 Å². The van der Waals surface area contributed by atoms with Gasteiger partial charge in [-0.1, -0.05) is 37.3 Å². The summed E-state index contributed by atoms with van der Waals surface area (Å²) in [4.78, 5) is 39.0. The van der Waals surface area contributed by atoms with Gasteiger partial charge in [0, 0.05) is 6.54 Å². The highest BCUT2D eigenvalue weighted by atomic mass is 16.5. The van der Waals surface area contributed by atoms with Gasteiger partial charge in [-0.2, -0.15) is 9.78 Å². The summed E-state index contributed by atoms with van der Waals surface area (Å²) >= 11 is 0. The summed E-state index contributed by atoms with van der Waals surface area (Å²) < 4.78 is 8.78. The molecule has 0 spiro atoms. The van der Waals surface area contributed by atoms with Crippen molar-refractivity contribution in [2.75, 3.05) is 6.61 Å². The van der Waals surface area contributed by atoms with E-state index in [4.69, 9.17) is 4.74 Å². The number of hydrogen-bond acceptors (Lipinski definition) is 7. The molecule has 4 rings (SSSR count). The molecule has 30 heavy (non-hydrogen) atoms. The fraction of sp³-hybridized carbons (Fsp3) is 0.300. The Morgan fingerprint density at radius 2 is 1.83 bits per heavy atom. The van der Waals surface area contributed by atoms with Crippen LogP contribution in [0.2, 0.25) is 0 Å². The van der Waals surface area contributed by atoms with Gasteiger partial charge in [0.25, 0.3) is 11.1 Å². The van der Waals surface area contributed by atoms with E-state index in [1.54, 1.807) is 31.2 Å². The minimum absolute atomic E-state index is 0.0414. The average molecular weight is 408 g/mol. The molecule has 0 bridgehead atoms. The quantitative estimate of drug-likeness (QED) is 0.459. The van der Waals surface area contributed by atoms with Crippen molar-refractivity contribution in [1.82, 2.24) is 29.2 Å². The Labute approximate surface area is 170 Å². The summed E-state index contributed by atoms with van der Waals surface area (Å²) in [5.74, 6) is -0.682. The predicted molar refractivity (Wildman–Crippen MR) is 109 cm³/mol. The first kappa shape index (κ1) is 19.5. The summed E-state index contributed by atoms with van der Waals surface area (Å²) in [5, 5.41) is 12.0. The summed E-state index contributed by atoms with van der Waals surface area (Å²) in [6, 6.07) is 8.91. The maximum atomic E-state index is 13.4. The van der Waals surface area contributed by atoms with Crippen molar-refractivity contribution in [3.63, 3.8) is 0 Å². The van der Waals surface area contributed by atoms with Crippen molar-refractivity contribution in [3.8, 4) is 5.69 Å². The van der Waals surface area contributed by atoms with Crippen LogP contribution >= 0.6 is 0 Å². The lowest BCUT2D eigenvalue weighted by atomic mass is 10.2. The van der Waals surface area contributed by atoms with Crippen LogP contribution in [-0.2, 0) is 11.3 Å². The van der Waals surface area contributed by atoms with Gasteiger partial charge < -0.3 is 4.74 Å². The zero-order valence-electron chi connectivity index (χ0n) is 16.8.